The molecule has 0 fully saturated rings. The third-order valence-electron chi connectivity index (χ3n) is 2.60. The van der Waals surface area contributed by atoms with E-state index in [9.17, 15) is 4.79 Å². The predicted octanol–water partition coefficient (Wildman–Crippen LogP) is 3.14. The van der Waals surface area contributed by atoms with Crippen molar-refractivity contribution in [3.8, 4) is 0 Å². The van der Waals surface area contributed by atoms with Gasteiger partial charge in [-0.05, 0) is 36.2 Å². The van der Waals surface area contributed by atoms with Crippen molar-refractivity contribution in [3.63, 3.8) is 0 Å². The minimum absolute atomic E-state index is 0.209. The van der Waals surface area contributed by atoms with Gasteiger partial charge >= 0.3 is 0 Å². The summed E-state index contributed by atoms with van der Waals surface area (Å²) in [6.07, 6.45) is 0.918. The van der Waals surface area contributed by atoms with Crippen LogP contribution in [0, 0.1) is 0 Å². The first kappa shape index (κ1) is 12.3. The van der Waals surface area contributed by atoms with Gasteiger partial charge in [-0.25, -0.2) is 0 Å². The summed E-state index contributed by atoms with van der Waals surface area (Å²) in [6.45, 7) is 3.77. The molecule has 2 aromatic rings. The van der Waals surface area contributed by atoms with Crippen molar-refractivity contribution in [2.75, 3.05) is 0 Å². The number of carbonyl (C=O) groups is 1. The van der Waals surface area contributed by atoms with Crippen LogP contribution < -0.4 is 5.73 Å². The van der Waals surface area contributed by atoms with Crippen molar-refractivity contribution in [2.45, 2.75) is 32.2 Å². The first-order valence-electron chi connectivity index (χ1n) is 5.71. The molecule has 2 rings (SSSR count). The summed E-state index contributed by atoms with van der Waals surface area (Å²) in [5, 5.41) is 3.27. The Kier molecular flexibility index (Phi) is 3.31. The van der Waals surface area contributed by atoms with E-state index in [0.29, 0.717) is 12.8 Å². The van der Waals surface area contributed by atoms with E-state index in [1.165, 1.54) is 10.1 Å². The second-order valence-electron chi connectivity index (χ2n) is 5.14. The van der Waals surface area contributed by atoms with Gasteiger partial charge in [0.25, 0.3) is 0 Å². The molecule has 90 valence electrons. The van der Waals surface area contributed by atoms with Crippen LogP contribution >= 0.6 is 11.3 Å². The number of Topliss-reactive ketones (excluding diaryl/α,β-unsaturated/α-hetero) is 1. The average Bonchev–Trinajstić information content (AvgIpc) is 2.59. The molecular formula is C14H17NOS. The first-order chi connectivity index (χ1) is 7.96. The highest BCUT2D eigenvalue weighted by Crippen LogP contribution is 2.26. The summed E-state index contributed by atoms with van der Waals surface area (Å²) >= 11 is 1.69. The molecule has 2 nitrogen and oxygen atoms in total. The standard InChI is InChI=1S/C14H17NOS/c1-14(2,15)8-11(16)7-10-9-17-13-6-4-3-5-12(10)13/h3-6,9H,7-8,15H2,1-2H3. The van der Waals surface area contributed by atoms with Gasteiger partial charge < -0.3 is 5.73 Å². The molecule has 0 spiro atoms. The molecule has 0 amide bonds. The molecule has 1 aromatic heterocycles. The van der Waals surface area contributed by atoms with Crippen LogP contribution in [0.2, 0.25) is 0 Å². The minimum atomic E-state index is -0.414. The number of nitrogens with two attached hydrogens (primary N) is 1. The van der Waals surface area contributed by atoms with E-state index in [4.69, 9.17) is 5.73 Å². The number of rotatable bonds is 4. The van der Waals surface area contributed by atoms with E-state index in [2.05, 4.69) is 17.5 Å². The van der Waals surface area contributed by atoms with Crippen LogP contribution in [-0.2, 0) is 11.2 Å². The molecule has 0 bridgehead atoms. The Morgan fingerprint density at radius 2 is 2.06 bits per heavy atom. The lowest BCUT2D eigenvalue weighted by Crippen LogP contribution is -2.35. The Morgan fingerprint density at radius 1 is 1.35 bits per heavy atom. The average molecular weight is 247 g/mol. The highest BCUT2D eigenvalue weighted by Gasteiger charge is 2.17. The van der Waals surface area contributed by atoms with E-state index in [1.54, 1.807) is 11.3 Å². The van der Waals surface area contributed by atoms with Gasteiger partial charge in [0.15, 0.2) is 0 Å². The van der Waals surface area contributed by atoms with Crippen LogP contribution in [0.5, 0.6) is 0 Å². The lowest BCUT2D eigenvalue weighted by Gasteiger charge is -2.16. The van der Waals surface area contributed by atoms with E-state index in [0.717, 1.165) is 5.56 Å². The Hall–Kier alpha value is -1.19. The normalized spacial score (nSPS) is 11.9. The Morgan fingerprint density at radius 3 is 2.76 bits per heavy atom. The van der Waals surface area contributed by atoms with Crippen LogP contribution in [-0.4, -0.2) is 11.3 Å². The molecule has 0 saturated carbocycles. The maximum absolute atomic E-state index is 11.9. The quantitative estimate of drug-likeness (QED) is 0.902. The van der Waals surface area contributed by atoms with Gasteiger partial charge in [-0.3, -0.25) is 4.79 Å². The molecule has 0 aliphatic carbocycles. The second-order valence-corrected chi connectivity index (χ2v) is 6.05. The molecule has 0 radical (unpaired) electrons. The largest absolute Gasteiger partial charge is 0.325 e. The van der Waals surface area contributed by atoms with E-state index in [1.807, 2.05) is 26.0 Å². The molecule has 0 aliphatic heterocycles. The molecular weight excluding hydrogens is 230 g/mol. The maximum Gasteiger partial charge on any atom is 0.139 e. The van der Waals surface area contributed by atoms with Crippen molar-refractivity contribution in [2.24, 2.45) is 5.73 Å². The third kappa shape index (κ3) is 3.14. The van der Waals surface area contributed by atoms with E-state index in [-0.39, 0.29) is 5.78 Å². The zero-order chi connectivity index (χ0) is 12.5. The van der Waals surface area contributed by atoms with Crippen LogP contribution in [0.4, 0.5) is 0 Å². The molecule has 1 aromatic carbocycles. The van der Waals surface area contributed by atoms with Crippen molar-refractivity contribution in [1.29, 1.82) is 0 Å². The molecule has 0 saturated heterocycles. The summed E-state index contributed by atoms with van der Waals surface area (Å²) in [5.41, 5.74) is 6.57. The predicted molar refractivity (Wildman–Crippen MR) is 73.4 cm³/mol. The first-order valence-corrected chi connectivity index (χ1v) is 6.59. The third-order valence-corrected chi connectivity index (χ3v) is 3.61. The van der Waals surface area contributed by atoms with Gasteiger partial charge in [0.2, 0.25) is 0 Å². The zero-order valence-electron chi connectivity index (χ0n) is 10.2. The number of hydrogen-bond donors (Lipinski definition) is 1. The molecule has 0 atom stereocenters. The van der Waals surface area contributed by atoms with Crippen LogP contribution in [0.1, 0.15) is 25.8 Å². The fraction of sp³-hybridized carbons (Fsp3) is 0.357. The molecule has 0 aliphatic rings. The van der Waals surface area contributed by atoms with Crippen molar-refractivity contribution >= 4 is 27.2 Å². The highest BCUT2D eigenvalue weighted by molar-refractivity contribution is 7.17. The highest BCUT2D eigenvalue weighted by atomic mass is 32.1. The SMILES string of the molecule is CC(C)(N)CC(=O)Cc1csc2ccccc12. The van der Waals surface area contributed by atoms with Gasteiger partial charge in [-0.1, -0.05) is 18.2 Å². The number of fused-ring (bicyclic) bond motifs is 1. The monoisotopic (exact) mass is 247 g/mol. The minimum Gasteiger partial charge on any atom is -0.325 e. The number of hydrogen-bond acceptors (Lipinski definition) is 3. The van der Waals surface area contributed by atoms with E-state index >= 15 is 0 Å². The fourth-order valence-electron chi connectivity index (χ4n) is 1.95. The number of carbonyl (C=O) groups excluding carboxylic acids is 1. The molecule has 0 unspecified atom stereocenters. The lowest BCUT2D eigenvalue weighted by atomic mass is 9.95. The molecule has 1 heterocycles. The Bertz CT molecular complexity index is 536. The zero-order valence-corrected chi connectivity index (χ0v) is 11.0. The summed E-state index contributed by atoms with van der Waals surface area (Å²) < 4.78 is 1.24. The fourth-order valence-corrected chi connectivity index (χ4v) is 2.92. The summed E-state index contributed by atoms with van der Waals surface area (Å²) in [6, 6.07) is 8.19. The topological polar surface area (TPSA) is 43.1 Å². The van der Waals surface area contributed by atoms with Crippen LogP contribution in [0.25, 0.3) is 10.1 Å². The second kappa shape index (κ2) is 4.59. The van der Waals surface area contributed by atoms with Crippen molar-refractivity contribution in [3.05, 3.63) is 35.2 Å². The maximum atomic E-state index is 11.9. The molecule has 17 heavy (non-hydrogen) atoms. The number of thiophene rings is 1. The summed E-state index contributed by atoms with van der Waals surface area (Å²) in [5.74, 6) is 0.209. The van der Waals surface area contributed by atoms with Gasteiger partial charge in [0, 0.05) is 23.1 Å². The Labute approximate surface area is 105 Å². The van der Waals surface area contributed by atoms with Crippen LogP contribution in [0.3, 0.4) is 0 Å². The van der Waals surface area contributed by atoms with Crippen molar-refractivity contribution in [1.82, 2.24) is 0 Å². The molecule has 2 N–H and O–H groups in total. The lowest BCUT2D eigenvalue weighted by molar-refractivity contribution is -0.119. The number of benzene rings is 1. The Balaban J connectivity index is 2.16. The van der Waals surface area contributed by atoms with Gasteiger partial charge in [0.1, 0.15) is 5.78 Å². The molecule has 3 heteroatoms. The van der Waals surface area contributed by atoms with Gasteiger partial charge in [0.05, 0.1) is 0 Å². The van der Waals surface area contributed by atoms with Gasteiger partial charge in [-0.2, -0.15) is 0 Å². The smallest absolute Gasteiger partial charge is 0.139 e. The van der Waals surface area contributed by atoms with Gasteiger partial charge in [-0.15, -0.1) is 11.3 Å². The van der Waals surface area contributed by atoms with E-state index < -0.39 is 5.54 Å². The summed E-state index contributed by atoms with van der Waals surface area (Å²) in [7, 11) is 0. The number of ketones is 1. The summed E-state index contributed by atoms with van der Waals surface area (Å²) in [4.78, 5) is 11.9. The van der Waals surface area contributed by atoms with Crippen LogP contribution in [0.15, 0.2) is 29.6 Å². The van der Waals surface area contributed by atoms with Crippen molar-refractivity contribution < 1.29 is 4.79 Å².